The van der Waals surface area contributed by atoms with Crippen LogP contribution in [0.15, 0.2) is 11.1 Å². The van der Waals surface area contributed by atoms with Crippen LogP contribution in [0.4, 0.5) is 0 Å². The van der Waals surface area contributed by atoms with Crippen LogP contribution < -0.4 is 0 Å². The molecule has 3 heteroatoms. The van der Waals surface area contributed by atoms with Crippen molar-refractivity contribution in [2.24, 2.45) is 0 Å². The van der Waals surface area contributed by atoms with Crippen LogP contribution in [-0.2, 0) is 9.59 Å². The van der Waals surface area contributed by atoms with E-state index in [1.54, 1.807) is 0 Å². The average Bonchev–Trinajstić information content (AvgIpc) is 2.33. The van der Waals surface area contributed by atoms with Gasteiger partial charge in [-0.25, -0.2) is 0 Å². The maximum atomic E-state index is 11.0. The van der Waals surface area contributed by atoms with Crippen LogP contribution >= 0.6 is 0 Å². The second kappa shape index (κ2) is 3.52. The fourth-order valence-corrected chi connectivity index (χ4v) is 1.61. The SMILES string of the molecule is CC(=O)C1=C(CC(=O)O)CCC1. The minimum absolute atomic E-state index is 0.0313. The summed E-state index contributed by atoms with van der Waals surface area (Å²) in [5, 5.41) is 8.53. The van der Waals surface area contributed by atoms with Gasteiger partial charge in [-0.1, -0.05) is 5.57 Å². The standard InChI is InChI=1S/C9H12O3/c1-6(10)8-4-2-3-7(8)5-9(11)12/h2-5H2,1H3,(H,11,12). The average molecular weight is 168 g/mol. The van der Waals surface area contributed by atoms with E-state index in [0.717, 1.165) is 30.4 Å². The van der Waals surface area contributed by atoms with Crippen molar-refractivity contribution in [3.05, 3.63) is 11.1 Å². The van der Waals surface area contributed by atoms with Gasteiger partial charge in [-0.05, 0) is 31.8 Å². The zero-order chi connectivity index (χ0) is 9.14. The highest BCUT2D eigenvalue weighted by Crippen LogP contribution is 2.28. The smallest absolute Gasteiger partial charge is 0.307 e. The first-order valence-corrected chi connectivity index (χ1v) is 4.05. The zero-order valence-corrected chi connectivity index (χ0v) is 7.09. The normalized spacial score (nSPS) is 16.8. The van der Waals surface area contributed by atoms with Gasteiger partial charge < -0.3 is 5.11 Å². The Kier molecular flexibility index (Phi) is 2.63. The summed E-state index contributed by atoms with van der Waals surface area (Å²) in [5.41, 5.74) is 1.58. The molecule has 0 saturated heterocycles. The van der Waals surface area contributed by atoms with Gasteiger partial charge in [-0.3, -0.25) is 9.59 Å². The van der Waals surface area contributed by atoms with Gasteiger partial charge in [0.15, 0.2) is 5.78 Å². The highest BCUT2D eigenvalue weighted by molar-refractivity contribution is 5.95. The summed E-state index contributed by atoms with van der Waals surface area (Å²) in [6.45, 7) is 1.50. The van der Waals surface area contributed by atoms with E-state index in [0.29, 0.717) is 0 Å². The number of hydrogen-bond donors (Lipinski definition) is 1. The molecule has 1 rings (SSSR count). The molecule has 0 saturated carbocycles. The van der Waals surface area contributed by atoms with Gasteiger partial charge in [0.25, 0.3) is 0 Å². The zero-order valence-electron chi connectivity index (χ0n) is 7.09. The lowest BCUT2D eigenvalue weighted by Gasteiger charge is -1.99. The van der Waals surface area contributed by atoms with Crippen LogP contribution in [0.1, 0.15) is 32.6 Å². The predicted molar refractivity (Wildman–Crippen MR) is 43.8 cm³/mol. The fourth-order valence-electron chi connectivity index (χ4n) is 1.61. The van der Waals surface area contributed by atoms with E-state index < -0.39 is 5.97 Å². The monoisotopic (exact) mass is 168 g/mol. The van der Waals surface area contributed by atoms with Crippen molar-refractivity contribution in [2.75, 3.05) is 0 Å². The Bertz CT molecular complexity index is 250. The number of ketones is 1. The number of allylic oxidation sites excluding steroid dienone is 1. The van der Waals surface area contributed by atoms with E-state index in [9.17, 15) is 9.59 Å². The number of carbonyl (C=O) groups is 2. The molecular formula is C9H12O3. The van der Waals surface area contributed by atoms with Gasteiger partial charge in [0, 0.05) is 0 Å². The summed E-state index contributed by atoms with van der Waals surface area (Å²) in [6.07, 6.45) is 2.51. The Hall–Kier alpha value is -1.12. The summed E-state index contributed by atoms with van der Waals surface area (Å²) >= 11 is 0. The van der Waals surface area contributed by atoms with E-state index in [-0.39, 0.29) is 12.2 Å². The first kappa shape index (κ1) is 8.97. The molecule has 1 N–H and O–H groups in total. The van der Waals surface area contributed by atoms with Crippen LogP contribution in [0.3, 0.4) is 0 Å². The molecule has 0 aliphatic heterocycles. The molecule has 0 atom stereocenters. The molecule has 12 heavy (non-hydrogen) atoms. The third-order valence-electron chi connectivity index (χ3n) is 2.12. The van der Waals surface area contributed by atoms with Gasteiger partial charge in [0.2, 0.25) is 0 Å². The minimum Gasteiger partial charge on any atom is -0.481 e. The molecule has 0 aromatic rings. The van der Waals surface area contributed by atoms with Crippen molar-refractivity contribution in [1.82, 2.24) is 0 Å². The Morgan fingerprint density at radius 1 is 1.42 bits per heavy atom. The maximum Gasteiger partial charge on any atom is 0.307 e. The molecule has 3 nitrogen and oxygen atoms in total. The first-order chi connectivity index (χ1) is 5.61. The second-order valence-corrected chi connectivity index (χ2v) is 3.06. The summed E-state index contributed by atoms with van der Waals surface area (Å²) in [7, 11) is 0. The Morgan fingerprint density at radius 2 is 2.08 bits per heavy atom. The number of Topliss-reactive ketones (excluding diaryl/α,β-unsaturated/α-hetero) is 1. The number of hydrogen-bond acceptors (Lipinski definition) is 2. The van der Waals surface area contributed by atoms with Crippen molar-refractivity contribution >= 4 is 11.8 Å². The molecule has 0 fully saturated rings. The van der Waals surface area contributed by atoms with Gasteiger partial charge >= 0.3 is 5.97 Å². The first-order valence-electron chi connectivity index (χ1n) is 4.05. The van der Waals surface area contributed by atoms with Crippen molar-refractivity contribution in [2.45, 2.75) is 32.6 Å². The fraction of sp³-hybridized carbons (Fsp3) is 0.556. The topological polar surface area (TPSA) is 54.4 Å². The van der Waals surface area contributed by atoms with Crippen LogP contribution in [-0.4, -0.2) is 16.9 Å². The van der Waals surface area contributed by atoms with Crippen molar-refractivity contribution in [3.8, 4) is 0 Å². The van der Waals surface area contributed by atoms with Gasteiger partial charge in [0.05, 0.1) is 6.42 Å². The van der Waals surface area contributed by atoms with Crippen LogP contribution in [0.5, 0.6) is 0 Å². The lowest BCUT2D eigenvalue weighted by Crippen LogP contribution is -2.01. The maximum absolute atomic E-state index is 11.0. The summed E-state index contributed by atoms with van der Waals surface area (Å²) in [5.74, 6) is -0.811. The van der Waals surface area contributed by atoms with Crippen molar-refractivity contribution in [1.29, 1.82) is 0 Å². The third-order valence-corrected chi connectivity index (χ3v) is 2.12. The van der Waals surface area contributed by atoms with E-state index in [1.807, 2.05) is 0 Å². The van der Waals surface area contributed by atoms with E-state index in [1.165, 1.54) is 6.92 Å². The summed E-state index contributed by atoms with van der Waals surface area (Å²) in [6, 6.07) is 0. The number of carboxylic acid groups (broad SMARTS) is 1. The molecular weight excluding hydrogens is 156 g/mol. The third kappa shape index (κ3) is 1.94. The lowest BCUT2D eigenvalue weighted by atomic mass is 10.1. The molecule has 0 spiro atoms. The Balaban J connectivity index is 2.76. The quantitative estimate of drug-likeness (QED) is 0.695. The van der Waals surface area contributed by atoms with Crippen LogP contribution in [0.25, 0.3) is 0 Å². The molecule has 0 heterocycles. The lowest BCUT2D eigenvalue weighted by molar-refractivity contribution is -0.136. The Morgan fingerprint density at radius 3 is 2.58 bits per heavy atom. The van der Waals surface area contributed by atoms with Gasteiger partial charge in [0.1, 0.15) is 0 Å². The van der Waals surface area contributed by atoms with Crippen LogP contribution in [0, 0.1) is 0 Å². The van der Waals surface area contributed by atoms with Crippen LogP contribution in [0.2, 0.25) is 0 Å². The molecule has 0 bridgehead atoms. The molecule has 0 unspecified atom stereocenters. The van der Waals surface area contributed by atoms with Gasteiger partial charge in [-0.15, -0.1) is 0 Å². The largest absolute Gasteiger partial charge is 0.481 e. The molecule has 66 valence electrons. The summed E-state index contributed by atoms with van der Waals surface area (Å²) < 4.78 is 0. The highest BCUT2D eigenvalue weighted by atomic mass is 16.4. The molecule has 1 aliphatic carbocycles. The highest BCUT2D eigenvalue weighted by Gasteiger charge is 2.19. The minimum atomic E-state index is -0.842. The molecule has 1 aliphatic rings. The number of carbonyl (C=O) groups excluding carboxylic acids is 1. The van der Waals surface area contributed by atoms with Crippen molar-refractivity contribution < 1.29 is 14.7 Å². The van der Waals surface area contributed by atoms with E-state index >= 15 is 0 Å². The molecule has 0 radical (unpaired) electrons. The molecule has 0 aromatic heterocycles. The number of aliphatic carboxylic acids is 1. The number of carboxylic acids is 1. The second-order valence-electron chi connectivity index (χ2n) is 3.06. The molecule has 0 amide bonds. The Labute approximate surface area is 71.1 Å². The summed E-state index contributed by atoms with van der Waals surface area (Å²) in [4.78, 5) is 21.4. The predicted octanol–water partition coefficient (Wildman–Crippen LogP) is 1.53. The van der Waals surface area contributed by atoms with E-state index in [2.05, 4.69) is 0 Å². The van der Waals surface area contributed by atoms with E-state index in [4.69, 9.17) is 5.11 Å². The van der Waals surface area contributed by atoms with Crippen molar-refractivity contribution in [3.63, 3.8) is 0 Å². The molecule has 0 aromatic carbocycles. The number of rotatable bonds is 3. The van der Waals surface area contributed by atoms with Gasteiger partial charge in [-0.2, -0.15) is 0 Å².